The van der Waals surface area contributed by atoms with Crippen LogP contribution < -0.4 is 0 Å². The molecular weight excluding hydrogens is 398 g/mol. The van der Waals surface area contributed by atoms with Crippen LogP contribution in [-0.2, 0) is 0 Å². The van der Waals surface area contributed by atoms with Gasteiger partial charge in [-0.1, -0.05) is 78.9 Å². The van der Waals surface area contributed by atoms with Gasteiger partial charge in [0, 0.05) is 22.5 Å². The maximum Gasteiger partial charge on any atom is 0.280 e. The van der Waals surface area contributed by atoms with Gasteiger partial charge in [0.25, 0.3) is 5.69 Å². The molecule has 0 atom stereocenters. The Hall–Kier alpha value is -4.51. The van der Waals surface area contributed by atoms with Gasteiger partial charge in [0.2, 0.25) is 0 Å². The lowest BCUT2D eigenvalue weighted by molar-refractivity contribution is -0.384. The molecule has 1 heterocycles. The molecule has 0 fully saturated rings. The molecule has 0 unspecified atom stereocenters. The number of nitro benzene ring substituents is 1. The lowest BCUT2D eigenvalue weighted by Gasteiger charge is -2.12. The van der Waals surface area contributed by atoms with Crippen LogP contribution in [0.4, 0.5) is 5.69 Å². The zero-order chi connectivity index (χ0) is 21.7. The number of hydrogen-bond donors (Lipinski definition) is 0. The van der Waals surface area contributed by atoms with E-state index in [9.17, 15) is 10.1 Å². The molecule has 6 rings (SSSR count). The van der Waals surface area contributed by atoms with Gasteiger partial charge >= 0.3 is 0 Å². The van der Waals surface area contributed by atoms with Crippen LogP contribution in [0.1, 0.15) is 0 Å². The molecule has 5 nitrogen and oxygen atoms in total. The molecule has 0 radical (unpaired) electrons. The second-order valence-electron chi connectivity index (χ2n) is 7.67. The lowest BCUT2D eigenvalue weighted by atomic mass is 10.00. The van der Waals surface area contributed by atoms with Crippen molar-refractivity contribution in [3.63, 3.8) is 0 Å². The van der Waals surface area contributed by atoms with E-state index in [1.54, 1.807) is 12.1 Å². The largest absolute Gasteiger partial charge is 0.291 e. The van der Waals surface area contributed by atoms with Crippen LogP contribution in [0.3, 0.4) is 0 Å². The summed E-state index contributed by atoms with van der Waals surface area (Å²) >= 11 is 0. The smallest absolute Gasteiger partial charge is 0.280 e. The number of hydrogen-bond acceptors (Lipinski definition) is 3. The Morgan fingerprint density at radius 3 is 1.94 bits per heavy atom. The fraction of sp³-hybridized carbons (Fsp3) is 0. The average Bonchev–Trinajstić information content (AvgIpc) is 3.26. The van der Waals surface area contributed by atoms with Gasteiger partial charge in [-0.2, -0.15) is 0 Å². The number of rotatable bonds is 3. The summed E-state index contributed by atoms with van der Waals surface area (Å²) in [5.41, 5.74) is 3.21. The monoisotopic (exact) mass is 415 g/mol. The third-order valence-corrected chi connectivity index (χ3v) is 5.89. The van der Waals surface area contributed by atoms with E-state index < -0.39 is 0 Å². The van der Waals surface area contributed by atoms with E-state index in [0.717, 1.165) is 38.3 Å². The minimum atomic E-state index is -0.347. The van der Waals surface area contributed by atoms with E-state index in [1.807, 2.05) is 65.2 Å². The first-order valence-electron chi connectivity index (χ1n) is 10.3. The van der Waals surface area contributed by atoms with Gasteiger partial charge in [-0.05, 0) is 29.0 Å². The Kier molecular flexibility index (Phi) is 4.01. The first kappa shape index (κ1) is 18.3. The van der Waals surface area contributed by atoms with Crippen LogP contribution in [0.15, 0.2) is 103 Å². The van der Waals surface area contributed by atoms with Gasteiger partial charge in [0.05, 0.1) is 21.5 Å². The van der Waals surface area contributed by atoms with Gasteiger partial charge in [-0.3, -0.25) is 14.7 Å². The Bertz CT molecular complexity index is 1650. The maximum atomic E-state index is 11.9. The van der Waals surface area contributed by atoms with Crippen molar-refractivity contribution in [2.24, 2.45) is 0 Å². The molecule has 32 heavy (non-hydrogen) atoms. The lowest BCUT2D eigenvalue weighted by Crippen LogP contribution is -2.00. The third kappa shape index (κ3) is 2.61. The maximum absolute atomic E-state index is 11.9. The summed E-state index contributed by atoms with van der Waals surface area (Å²) in [6.45, 7) is 0. The second kappa shape index (κ2) is 7.03. The Morgan fingerprint density at radius 2 is 1.22 bits per heavy atom. The Balaban J connectivity index is 1.89. The number of imidazole rings is 1. The highest BCUT2D eigenvalue weighted by Crippen LogP contribution is 2.40. The molecule has 0 aliphatic heterocycles. The van der Waals surface area contributed by atoms with Crippen molar-refractivity contribution < 1.29 is 4.92 Å². The molecule has 0 saturated heterocycles. The predicted octanol–water partition coefficient (Wildman–Crippen LogP) is 6.91. The standard InChI is InChI=1S/C27H17N3O2/c31-30(32)24-17-9-8-16-23(24)27-28-25-21-14-6-4-12-19(21)20-13-5-7-15-22(20)26(25)29(27)18-10-2-1-3-11-18/h1-17H. The summed E-state index contributed by atoms with van der Waals surface area (Å²) in [6.07, 6.45) is 0. The highest BCUT2D eigenvalue weighted by molar-refractivity contribution is 6.24. The van der Waals surface area contributed by atoms with Gasteiger partial charge in [-0.25, -0.2) is 4.98 Å². The summed E-state index contributed by atoms with van der Waals surface area (Å²) in [7, 11) is 0. The van der Waals surface area contributed by atoms with Crippen molar-refractivity contribution in [1.82, 2.24) is 9.55 Å². The quantitative estimate of drug-likeness (QED) is 0.179. The van der Waals surface area contributed by atoms with E-state index in [-0.39, 0.29) is 10.6 Å². The molecule has 0 aliphatic carbocycles. The summed E-state index contributed by atoms with van der Waals surface area (Å²) < 4.78 is 2.05. The number of aromatic nitrogens is 2. The van der Waals surface area contributed by atoms with Crippen molar-refractivity contribution in [3.8, 4) is 17.1 Å². The molecule has 5 aromatic carbocycles. The van der Waals surface area contributed by atoms with E-state index in [0.29, 0.717) is 11.4 Å². The van der Waals surface area contributed by atoms with Crippen LogP contribution >= 0.6 is 0 Å². The van der Waals surface area contributed by atoms with Crippen LogP contribution in [-0.4, -0.2) is 14.5 Å². The highest BCUT2D eigenvalue weighted by Gasteiger charge is 2.24. The fourth-order valence-corrected chi connectivity index (χ4v) is 4.54. The normalized spacial score (nSPS) is 11.4. The third-order valence-electron chi connectivity index (χ3n) is 5.89. The van der Waals surface area contributed by atoms with Crippen molar-refractivity contribution in [2.45, 2.75) is 0 Å². The topological polar surface area (TPSA) is 61.0 Å². The Labute approximate surface area is 183 Å². The molecule has 0 amide bonds. The zero-order valence-corrected chi connectivity index (χ0v) is 17.0. The van der Waals surface area contributed by atoms with E-state index in [4.69, 9.17) is 4.98 Å². The van der Waals surface area contributed by atoms with Crippen LogP contribution in [0.5, 0.6) is 0 Å². The molecule has 6 aromatic rings. The predicted molar refractivity (Wildman–Crippen MR) is 128 cm³/mol. The zero-order valence-electron chi connectivity index (χ0n) is 17.0. The minimum absolute atomic E-state index is 0.0357. The van der Waals surface area contributed by atoms with Crippen molar-refractivity contribution >= 4 is 38.3 Å². The van der Waals surface area contributed by atoms with Crippen LogP contribution in [0, 0.1) is 10.1 Å². The van der Waals surface area contributed by atoms with E-state index in [1.165, 1.54) is 6.07 Å². The number of nitro groups is 1. The molecule has 0 N–H and O–H groups in total. The fourth-order valence-electron chi connectivity index (χ4n) is 4.54. The van der Waals surface area contributed by atoms with Gasteiger partial charge in [0.1, 0.15) is 0 Å². The summed E-state index contributed by atoms with van der Waals surface area (Å²) in [6, 6.07) is 33.1. The van der Waals surface area contributed by atoms with Crippen molar-refractivity contribution in [2.75, 3.05) is 0 Å². The second-order valence-corrected chi connectivity index (χ2v) is 7.67. The van der Waals surface area contributed by atoms with E-state index >= 15 is 0 Å². The summed E-state index contributed by atoms with van der Waals surface area (Å²) in [4.78, 5) is 16.5. The summed E-state index contributed by atoms with van der Waals surface area (Å²) in [5, 5.41) is 16.2. The molecule has 1 aromatic heterocycles. The SMILES string of the molecule is O=[N+]([O-])c1ccccc1-c1nc2c3ccccc3c3ccccc3c2n1-c1ccccc1. The average molecular weight is 415 g/mol. The summed E-state index contributed by atoms with van der Waals surface area (Å²) in [5.74, 6) is 0.556. The molecule has 5 heteroatoms. The Morgan fingerprint density at radius 1 is 0.656 bits per heavy atom. The van der Waals surface area contributed by atoms with Crippen LogP contribution in [0.25, 0.3) is 49.7 Å². The van der Waals surface area contributed by atoms with Crippen molar-refractivity contribution in [1.29, 1.82) is 0 Å². The van der Waals surface area contributed by atoms with Gasteiger partial charge < -0.3 is 0 Å². The first-order chi connectivity index (χ1) is 15.7. The van der Waals surface area contributed by atoms with E-state index in [2.05, 4.69) is 24.3 Å². The molecule has 0 aliphatic rings. The van der Waals surface area contributed by atoms with Gasteiger partial charge in [0.15, 0.2) is 5.82 Å². The highest BCUT2D eigenvalue weighted by atomic mass is 16.6. The van der Waals surface area contributed by atoms with Crippen molar-refractivity contribution in [3.05, 3.63) is 113 Å². The number of nitrogens with zero attached hydrogens (tertiary/aromatic N) is 3. The molecule has 0 spiro atoms. The number of benzene rings is 5. The molecule has 152 valence electrons. The number of para-hydroxylation sites is 2. The minimum Gasteiger partial charge on any atom is -0.291 e. The number of fused-ring (bicyclic) bond motifs is 6. The molecular formula is C27H17N3O2. The first-order valence-corrected chi connectivity index (χ1v) is 10.3. The molecule has 0 saturated carbocycles. The van der Waals surface area contributed by atoms with Gasteiger partial charge in [-0.15, -0.1) is 0 Å². The molecule has 0 bridgehead atoms. The van der Waals surface area contributed by atoms with Crippen LogP contribution in [0.2, 0.25) is 0 Å².